The molecule has 0 saturated heterocycles. The van der Waals surface area contributed by atoms with Crippen molar-refractivity contribution in [2.75, 3.05) is 0 Å². The van der Waals surface area contributed by atoms with Crippen molar-refractivity contribution in [3.05, 3.63) is 17.5 Å². The Morgan fingerprint density at radius 2 is 2.46 bits per heavy atom. The fourth-order valence-electron chi connectivity index (χ4n) is 1.05. The number of hydrogen-bond donors (Lipinski definition) is 0. The third-order valence-electron chi connectivity index (χ3n) is 1.82. The number of rotatable bonds is 3. The molecule has 1 aromatic heterocycles. The number of halogens is 1. The quantitative estimate of drug-likeness (QED) is 0.713. The Morgan fingerprint density at radius 1 is 1.77 bits per heavy atom. The molecule has 70 valence electrons. The number of aromatic nitrogens is 2. The highest BCUT2D eigenvalue weighted by Crippen LogP contribution is 2.05. The van der Waals surface area contributed by atoms with Crippen molar-refractivity contribution in [1.29, 1.82) is 5.26 Å². The number of nitriles is 1. The molecule has 0 N–H and O–H groups in total. The molecule has 1 atom stereocenters. The Labute approximate surface area is 76.8 Å². The summed E-state index contributed by atoms with van der Waals surface area (Å²) in [6, 6.07) is 2.03. The van der Waals surface area contributed by atoms with E-state index in [1.54, 1.807) is 17.8 Å². The summed E-state index contributed by atoms with van der Waals surface area (Å²) < 4.78 is 14.1. The molecule has 1 heterocycles. The topological polar surface area (TPSA) is 41.6 Å². The van der Waals surface area contributed by atoms with Gasteiger partial charge in [-0.2, -0.15) is 10.4 Å². The van der Waals surface area contributed by atoms with Gasteiger partial charge in [-0.3, -0.25) is 4.68 Å². The zero-order valence-electron chi connectivity index (χ0n) is 7.79. The molecule has 1 unspecified atom stereocenters. The Hall–Kier alpha value is -1.37. The van der Waals surface area contributed by atoms with E-state index in [1.165, 1.54) is 6.92 Å². The summed E-state index contributed by atoms with van der Waals surface area (Å²) in [6.07, 6.45) is 1.26. The fourth-order valence-corrected chi connectivity index (χ4v) is 1.05. The minimum atomic E-state index is -0.824. The van der Waals surface area contributed by atoms with Crippen LogP contribution in [0, 0.1) is 18.3 Å². The van der Waals surface area contributed by atoms with E-state index in [9.17, 15) is 4.39 Å². The Kier molecular flexibility index (Phi) is 3.02. The van der Waals surface area contributed by atoms with E-state index < -0.39 is 6.17 Å². The van der Waals surface area contributed by atoms with E-state index >= 15 is 0 Å². The molecule has 4 heteroatoms. The average molecular weight is 181 g/mol. The van der Waals surface area contributed by atoms with E-state index in [1.807, 2.05) is 6.07 Å². The van der Waals surface area contributed by atoms with Crippen LogP contribution < -0.4 is 0 Å². The number of nitrogens with zero attached hydrogens (tertiary/aromatic N) is 3. The third kappa shape index (κ3) is 2.55. The lowest BCUT2D eigenvalue weighted by Crippen LogP contribution is -2.04. The fraction of sp³-hybridized carbons (Fsp3) is 0.556. The van der Waals surface area contributed by atoms with Gasteiger partial charge in [0.1, 0.15) is 6.07 Å². The standard InChI is InChI=1S/C9H12FN3/c1-7(10)3-4-13-6-9(5-11)8(2)12-13/h6-7H,3-4H2,1-2H3. The Morgan fingerprint density at radius 3 is 2.92 bits per heavy atom. The highest BCUT2D eigenvalue weighted by Gasteiger charge is 2.04. The lowest BCUT2D eigenvalue weighted by molar-refractivity contribution is 0.320. The van der Waals surface area contributed by atoms with Gasteiger partial charge in [0.25, 0.3) is 0 Å². The van der Waals surface area contributed by atoms with Crippen molar-refractivity contribution in [2.24, 2.45) is 0 Å². The largest absolute Gasteiger partial charge is 0.271 e. The highest BCUT2D eigenvalue weighted by molar-refractivity contribution is 5.29. The van der Waals surface area contributed by atoms with E-state index in [2.05, 4.69) is 5.10 Å². The van der Waals surface area contributed by atoms with Crippen LogP contribution in [0.2, 0.25) is 0 Å². The zero-order valence-corrected chi connectivity index (χ0v) is 7.79. The molecule has 0 bridgehead atoms. The second-order valence-electron chi connectivity index (χ2n) is 3.07. The minimum absolute atomic E-state index is 0.436. The molecule has 0 fully saturated rings. The second kappa shape index (κ2) is 4.04. The molecule has 3 nitrogen and oxygen atoms in total. The summed E-state index contributed by atoms with van der Waals surface area (Å²) in [5.41, 5.74) is 1.26. The van der Waals surface area contributed by atoms with Crippen molar-refractivity contribution >= 4 is 0 Å². The molecule has 0 aromatic carbocycles. The molecular formula is C9H12FN3. The maximum atomic E-state index is 12.5. The molecule has 1 rings (SSSR count). The molecule has 0 aliphatic heterocycles. The van der Waals surface area contributed by atoms with Gasteiger partial charge < -0.3 is 0 Å². The van der Waals surface area contributed by atoms with Crippen LogP contribution in [0.25, 0.3) is 0 Å². The van der Waals surface area contributed by atoms with E-state index in [4.69, 9.17) is 5.26 Å². The summed E-state index contributed by atoms with van der Waals surface area (Å²) in [7, 11) is 0. The first-order valence-electron chi connectivity index (χ1n) is 4.21. The van der Waals surface area contributed by atoms with Crippen LogP contribution >= 0.6 is 0 Å². The van der Waals surface area contributed by atoms with E-state index in [-0.39, 0.29) is 0 Å². The number of aryl methyl sites for hydroxylation is 2. The van der Waals surface area contributed by atoms with Crippen LogP contribution in [0.1, 0.15) is 24.6 Å². The Balaban J connectivity index is 2.64. The number of hydrogen-bond acceptors (Lipinski definition) is 2. The van der Waals surface area contributed by atoms with Crippen molar-refractivity contribution in [3.63, 3.8) is 0 Å². The molecule has 1 aromatic rings. The third-order valence-corrected chi connectivity index (χ3v) is 1.82. The molecule has 0 aliphatic carbocycles. The first-order valence-corrected chi connectivity index (χ1v) is 4.21. The van der Waals surface area contributed by atoms with Crippen molar-refractivity contribution in [2.45, 2.75) is 33.0 Å². The van der Waals surface area contributed by atoms with Crippen molar-refractivity contribution < 1.29 is 4.39 Å². The molecule has 0 spiro atoms. The van der Waals surface area contributed by atoms with Gasteiger partial charge >= 0.3 is 0 Å². The highest BCUT2D eigenvalue weighted by atomic mass is 19.1. The van der Waals surface area contributed by atoms with Gasteiger partial charge in [-0.05, 0) is 20.3 Å². The predicted molar refractivity (Wildman–Crippen MR) is 46.9 cm³/mol. The normalized spacial score (nSPS) is 12.5. The van der Waals surface area contributed by atoms with Crippen LogP contribution in [0.4, 0.5) is 4.39 Å². The molecule has 13 heavy (non-hydrogen) atoms. The van der Waals surface area contributed by atoms with Crippen molar-refractivity contribution in [3.8, 4) is 6.07 Å². The molecule has 0 aliphatic rings. The number of alkyl halides is 1. The van der Waals surface area contributed by atoms with Gasteiger partial charge in [0.15, 0.2) is 0 Å². The van der Waals surface area contributed by atoms with Gasteiger partial charge in [-0.15, -0.1) is 0 Å². The average Bonchev–Trinajstić information content (AvgIpc) is 2.43. The maximum absolute atomic E-state index is 12.5. The summed E-state index contributed by atoms with van der Waals surface area (Å²) in [4.78, 5) is 0. The summed E-state index contributed by atoms with van der Waals surface area (Å²) >= 11 is 0. The maximum Gasteiger partial charge on any atom is 0.103 e. The van der Waals surface area contributed by atoms with Crippen LogP contribution in [-0.4, -0.2) is 16.0 Å². The van der Waals surface area contributed by atoms with Crippen molar-refractivity contribution in [1.82, 2.24) is 9.78 Å². The van der Waals surface area contributed by atoms with Gasteiger partial charge in [-0.25, -0.2) is 4.39 Å². The van der Waals surface area contributed by atoms with E-state index in [0.717, 1.165) is 0 Å². The molecular weight excluding hydrogens is 169 g/mol. The predicted octanol–water partition coefficient (Wildman–Crippen LogP) is 1.81. The van der Waals surface area contributed by atoms with Gasteiger partial charge in [0.2, 0.25) is 0 Å². The van der Waals surface area contributed by atoms with E-state index in [0.29, 0.717) is 24.2 Å². The van der Waals surface area contributed by atoms with Gasteiger partial charge in [0.05, 0.1) is 17.4 Å². The van der Waals surface area contributed by atoms with Gasteiger partial charge in [-0.1, -0.05) is 0 Å². The van der Waals surface area contributed by atoms with Crippen LogP contribution in [0.5, 0.6) is 0 Å². The summed E-state index contributed by atoms with van der Waals surface area (Å²) in [5.74, 6) is 0. The summed E-state index contributed by atoms with van der Waals surface area (Å²) in [5, 5.41) is 12.7. The lowest BCUT2D eigenvalue weighted by atomic mass is 10.3. The molecule has 0 amide bonds. The van der Waals surface area contributed by atoms with Crippen LogP contribution in [0.3, 0.4) is 0 Å². The van der Waals surface area contributed by atoms with Gasteiger partial charge in [0, 0.05) is 12.7 Å². The molecule has 0 saturated carbocycles. The minimum Gasteiger partial charge on any atom is -0.271 e. The van der Waals surface area contributed by atoms with Crippen LogP contribution in [-0.2, 0) is 6.54 Å². The monoisotopic (exact) mass is 181 g/mol. The van der Waals surface area contributed by atoms with Crippen LogP contribution in [0.15, 0.2) is 6.20 Å². The summed E-state index contributed by atoms with van der Waals surface area (Å²) in [6.45, 7) is 3.82. The lowest BCUT2D eigenvalue weighted by Gasteiger charge is -2.00. The second-order valence-corrected chi connectivity index (χ2v) is 3.07. The smallest absolute Gasteiger partial charge is 0.103 e. The zero-order chi connectivity index (χ0) is 9.84. The SMILES string of the molecule is Cc1nn(CCC(C)F)cc1C#N. The first kappa shape index (κ1) is 9.72. The first-order chi connectivity index (χ1) is 6.13. The Bertz CT molecular complexity index is 322. The molecule has 0 radical (unpaired) electrons.